The van der Waals surface area contributed by atoms with Crippen LogP contribution in [0.25, 0.3) is 21.5 Å². The van der Waals surface area contributed by atoms with Gasteiger partial charge in [0, 0.05) is 34.9 Å². The molecule has 0 amide bonds. The molecule has 1 heterocycles. The minimum atomic E-state index is 0. The van der Waals surface area contributed by atoms with Gasteiger partial charge in [0.2, 0.25) is 0 Å². The van der Waals surface area contributed by atoms with E-state index in [2.05, 4.69) is 46.7 Å². The Morgan fingerprint density at radius 3 is 2.64 bits per heavy atom. The largest absolute Gasteiger partial charge is 1.00 e. The molecule has 1 saturated carbocycles. The number of hydrogen-bond donors (Lipinski definition) is 1. The van der Waals surface area contributed by atoms with Gasteiger partial charge in [0.1, 0.15) is 0 Å². The molecule has 0 saturated heterocycles. The third kappa shape index (κ3) is 3.01. The molecule has 0 spiro atoms. The molecule has 0 aliphatic heterocycles. The Bertz CT molecular complexity index is 785. The average Bonchev–Trinajstić information content (AvgIpc) is 2.56. The van der Waals surface area contributed by atoms with E-state index in [4.69, 9.17) is 0 Å². The molecule has 1 fully saturated rings. The maximum atomic E-state index is 4.32. The van der Waals surface area contributed by atoms with Crippen molar-refractivity contribution < 1.29 is 31.0 Å². The summed E-state index contributed by atoms with van der Waals surface area (Å²) >= 11 is 0. The summed E-state index contributed by atoms with van der Waals surface area (Å²) in [7, 11) is 0. The molecular weight excluding hydrogens is 279 g/mol. The number of hydrogen-bond acceptors (Lipinski definition) is 2. The number of nitrogens with one attached hydrogen (secondary N) is 1. The van der Waals surface area contributed by atoms with Gasteiger partial charge in [-0.15, -0.1) is 0 Å². The molecule has 22 heavy (non-hydrogen) atoms. The van der Waals surface area contributed by atoms with Crippen molar-refractivity contribution in [3.05, 3.63) is 48.8 Å². The van der Waals surface area contributed by atoms with Gasteiger partial charge >= 0.3 is 29.6 Å². The summed E-state index contributed by atoms with van der Waals surface area (Å²) in [5.74, 6) is 0. The maximum absolute atomic E-state index is 4.32. The van der Waals surface area contributed by atoms with Crippen molar-refractivity contribution in [1.82, 2.24) is 4.98 Å². The number of aromatic nitrogens is 1. The second kappa shape index (κ2) is 6.99. The van der Waals surface area contributed by atoms with E-state index in [0.29, 0.717) is 6.04 Å². The fourth-order valence-corrected chi connectivity index (χ4v) is 3.53. The summed E-state index contributed by atoms with van der Waals surface area (Å²) in [6, 6.07) is 13.6. The van der Waals surface area contributed by atoms with Crippen LogP contribution in [-0.4, -0.2) is 11.0 Å². The normalized spacial score (nSPS) is 15.6. The zero-order valence-electron chi connectivity index (χ0n) is 14.2. The predicted molar refractivity (Wildman–Crippen MR) is 90.9 cm³/mol. The summed E-state index contributed by atoms with van der Waals surface area (Å²) in [6.45, 7) is 0. The van der Waals surface area contributed by atoms with E-state index in [1.165, 1.54) is 59.3 Å². The van der Waals surface area contributed by atoms with Crippen molar-refractivity contribution >= 4 is 27.2 Å². The van der Waals surface area contributed by atoms with Crippen molar-refractivity contribution in [2.45, 2.75) is 38.1 Å². The van der Waals surface area contributed by atoms with Gasteiger partial charge in [0.25, 0.3) is 0 Å². The first-order valence-corrected chi connectivity index (χ1v) is 7.94. The number of rotatable bonds is 2. The fraction of sp³-hybridized carbons (Fsp3) is 0.316. The molecule has 1 aliphatic carbocycles. The molecule has 1 aromatic heterocycles. The van der Waals surface area contributed by atoms with Gasteiger partial charge in [-0.05, 0) is 35.7 Å². The first kappa shape index (κ1) is 15.8. The Kier molecular flexibility index (Phi) is 5.02. The Labute approximate surface area is 155 Å². The molecule has 0 atom stereocenters. The van der Waals surface area contributed by atoms with Crippen LogP contribution in [0, 0.1) is 0 Å². The Hall–Kier alpha value is -1.09. The second-order valence-corrected chi connectivity index (χ2v) is 6.05. The second-order valence-electron chi connectivity index (χ2n) is 6.05. The molecule has 108 valence electrons. The van der Waals surface area contributed by atoms with Gasteiger partial charge < -0.3 is 6.74 Å². The van der Waals surface area contributed by atoms with Gasteiger partial charge in [0.15, 0.2) is 0 Å². The van der Waals surface area contributed by atoms with Crippen molar-refractivity contribution in [3.8, 4) is 0 Å². The molecule has 1 aliphatic rings. The summed E-state index contributed by atoms with van der Waals surface area (Å²) in [5.41, 5.74) is 1.26. The minimum Gasteiger partial charge on any atom is -1.00 e. The van der Waals surface area contributed by atoms with E-state index >= 15 is 0 Å². The van der Waals surface area contributed by atoms with Crippen LogP contribution in [0.15, 0.2) is 48.8 Å². The smallest absolute Gasteiger partial charge is 1.00 e. The van der Waals surface area contributed by atoms with Crippen LogP contribution in [0.2, 0.25) is 0 Å². The number of nitrogens with zero attached hydrogens (tertiary/aromatic N) is 1. The van der Waals surface area contributed by atoms with Crippen LogP contribution in [-0.2, 0) is 0 Å². The zero-order valence-corrected chi connectivity index (χ0v) is 15.2. The van der Waals surface area contributed by atoms with Gasteiger partial charge in [-0.3, -0.25) is 4.98 Å². The molecule has 2 aromatic carbocycles. The minimum absolute atomic E-state index is 0. The summed E-state index contributed by atoms with van der Waals surface area (Å²) in [5, 5.41) is 8.89. The van der Waals surface area contributed by atoms with Crippen LogP contribution in [0.4, 0.5) is 5.69 Å². The van der Waals surface area contributed by atoms with E-state index in [1.807, 2.05) is 12.4 Å². The van der Waals surface area contributed by atoms with Gasteiger partial charge in [-0.1, -0.05) is 43.5 Å². The van der Waals surface area contributed by atoms with E-state index in [0.717, 1.165) is 0 Å². The average molecular weight is 300 g/mol. The molecular formula is C19H21N2Na. The Morgan fingerprint density at radius 1 is 0.955 bits per heavy atom. The van der Waals surface area contributed by atoms with Crippen molar-refractivity contribution in [2.75, 3.05) is 5.32 Å². The van der Waals surface area contributed by atoms with Gasteiger partial charge in [0.05, 0.1) is 0 Å². The summed E-state index contributed by atoms with van der Waals surface area (Å²) < 4.78 is 0. The van der Waals surface area contributed by atoms with E-state index in [-0.39, 0.29) is 31.0 Å². The third-order valence-electron chi connectivity index (χ3n) is 4.63. The number of benzene rings is 2. The Morgan fingerprint density at radius 2 is 1.77 bits per heavy atom. The van der Waals surface area contributed by atoms with Crippen LogP contribution >= 0.6 is 0 Å². The van der Waals surface area contributed by atoms with Crippen LogP contribution in [0.5, 0.6) is 0 Å². The topological polar surface area (TPSA) is 24.9 Å². The molecule has 3 aromatic rings. The third-order valence-corrected chi connectivity index (χ3v) is 4.63. The summed E-state index contributed by atoms with van der Waals surface area (Å²) in [4.78, 5) is 4.32. The molecule has 4 rings (SSSR count). The molecule has 0 bridgehead atoms. The van der Waals surface area contributed by atoms with Crippen LogP contribution in [0.3, 0.4) is 0 Å². The molecule has 0 unspecified atom stereocenters. The number of anilines is 1. The molecule has 1 N–H and O–H groups in total. The van der Waals surface area contributed by atoms with Gasteiger partial charge in [-0.2, -0.15) is 0 Å². The Balaban J connectivity index is 0.000000960. The maximum Gasteiger partial charge on any atom is 1.00 e. The first-order valence-electron chi connectivity index (χ1n) is 7.94. The molecule has 2 nitrogen and oxygen atoms in total. The summed E-state index contributed by atoms with van der Waals surface area (Å²) in [6.07, 6.45) is 10.6. The van der Waals surface area contributed by atoms with Crippen molar-refractivity contribution in [3.63, 3.8) is 0 Å². The van der Waals surface area contributed by atoms with Crippen molar-refractivity contribution in [2.24, 2.45) is 0 Å². The van der Waals surface area contributed by atoms with E-state index < -0.39 is 0 Å². The fourth-order valence-electron chi connectivity index (χ4n) is 3.53. The first-order chi connectivity index (χ1) is 10.4. The van der Waals surface area contributed by atoms with Crippen LogP contribution < -0.4 is 34.9 Å². The van der Waals surface area contributed by atoms with E-state index in [1.54, 1.807) is 0 Å². The number of fused-ring (bicyclic) bond motifs is 3. The quantitative estimate of drug-likeness (QED) is 0.580. The monoisotopic (exact) mass is 300 g/mol. The molecule has 0 radical (unpaired) electrons. The SMILES string of the molecule is [H-].[Na+].c1ccc2c(c1)cc(NC1CCCCC1)c1ccncc12. The van der Waals surface area contributed by atoms with Crippen LogP contribution in [0.1, 0.15) is 33.5 Å². The zero-order chi connectivity index (χ0) is 14.1. The van der Waals surface area contributed by atoms with Crippen molar-refractivity contribution in [1.29, 1.82) is 0 Å². The predicted octanol–water partition coefficient (Wildman–Crippen LogP) is 2.25. The van der Waals surface area contributed by atoms with Gasteiger partial charge in [-0.25, -0.2) is 0 Å². The van der Waals surface area contributed by atoms with E-state index in [9.17, 15) is 0 Å². The number of pyridine rings is 1. The standard InChI is InChI=1S/C19H20N2.Na.H/c1-2-7-15(8-3-1)21-19-12-14-6-4-5-9-16(14)18-13-20-11-10-17(18)19;;/h4-6,9-13,15,21H,1-3,7-8H2;;/q;+1;-1. The molecule has 3 heteroatoms.